The van der Waals surface area contributed by atoms with Crippen molar-refractivity contribution < 1.29 is 13.5 Å². The van der Waals surface area contributed by atoms with Crippen LogP contribution in [-0.4, -0.2) is 76.4 Å². The van der Waals surface area contributed by atoms with Crippen molar-refractivity contribution in [3.05, 3.63) is 41.8 Å². The van der Waals surface area contributed by atoms with E-state index in [0.717, 1.165) is 57.4 Å². The van der Waals surface area contributed by atoms with Crippen LogP contribution in [0, 0.1) is 5.82 Å². The maximum atomic E-state index is 16.4. The maximum absolute atomic E-state index is 16.4. The fraction of sp³-hybridized carbons (Fsp3) is 0.567. The molecule has 3 unspecified atom stereocenters. The van der Waals surface area contributed by atoms with Crippen molar-refractivity contribution in [1.29, 1.82) is 0 Å². The van der Waals surface area contributed by atoms with E-state index in [1.807, 2.05) is 24.3 Å². The summed E-state index contributed by atoms with van der Waals surface area (Å²) in [6.45, 7) is 4.37. The topological polar surface area (TPSA) is 66.4 Å². The number of nitrogens with zero attached hydrogens (tertiary/aromatic N) is 5. The van der Waals surface area contributed by atoms with Gasteiger partial charge in [-0.05, 0) is 63.6 Å². The summed E-state index contributed by atoms with van der Waals surface area (Å²) in [5, 5.41) is 4.26. The lowest BCUT2D eigenvalue weighted by Gasteiger charge is -2.34. The first-order chi connectivity index (χ1) is 19.1. The lowest BCUT2D eigenvalue weighted by molar-refractivity contribution is 0.108. The van der Waals surface area contributed by atoms with Crippen molar-refractivity contribution in [3.63, 3.8) is 0 Å². The molecule has 6 heterocycles. The van der Waals surface area contributed by atoms with E-state index in [1.165, 1.54) is 12.8 Å². The number of nitrogens with one attached hydrogen (secondary N) is 1. The summed E-state index contributed by atoms with van der Waals surface area (Å²) < 4.78 is 36.8. The minimum atomic E-state index is -0.878. The van der Waals surface area contributed by atoms with Crippen molar-refractivity contribution in [2.45, 2.75) is 74.7 Å². The van der Waals surface area contributed by atoms with Crippen molar-refractivity contribution in [1.82, 2.24) is 25.2 Å². The van der Waals surface area contributed by atoms with Gasteiger partial charge in [-0.15, -0.1) is 0 Å². The van der Waals surface area contributed by atoms with Crippen LogP contribution in [0.3, 0.4) is 0 Å². The minimum Gasteiger partial charge on any atom is -0.461 e. The Kier molecular flexibility index (Phi) is 5.56. The number of piperazine rings is 1. The Hall–Kier alpha value is -2.91. The van der Waals surface area contributed by atoms with Gasteiger partial charge in [-0.25, -0.2) is 8.78 Å². The van der Waals surface area contributed by atoms with Gasteiger partial charge in [0.25, 0.3) is 0 Å². The normalized spacial score (nSPS) is 29.2. The van der Waals surface area contributed by atoms with Gasteiger partial charge in [-0.2, -0.15) is 9.97 Å². The number of hydrogen-bond donors (Lipinski definition) is 1. The molecule has 0 spiro atoms. The first kappa shape index (κ1) is 23.9. The van der Waals surface area contributed by atoms with E-state index in [0.29, 0.717) is 41.9 Å². The average Bonchev–Trinajstić information content (AvgIpc) is 3.22. The van der Waals surface area contributed by atoms with E-state index in [9.17, 15) is 4.39 Å². The molecule has 2 bridgehead atoms. The van der Waals surface area contributed by atoms with E-state index in [-0.39, 0.29) is 28.7 Å². The van der Waals surface area contributed by atoms with E-state index in [1.54, 1.807) is 6.20 Å². The summed E-state index contributed by atoms with van der Waals surface area (Å²) in [4.78, 5) is 18.9. The molecule has 0 amide bonds. The van der Waals surface area contributed by atoms with Gasteiger partial charge < -0.3 is 15.0 Å². The zero-order chi connectivity index (χ0) is 26.1. The number of halogens is 2. The number of alkyl halides is 1. The number of ether oxygens (including phenoxy) is 1. The molecule has 5 fully saturated rings. The van der Waals surface area contributed by atoms with Crippen LogP contribution in [0.15, 0.2) is 30.5 Å². The number of anilines is 1. The summed E-state index contributed by atoms with van der Waals surface area (Å²) in [5.41, 5.74) is 1.92. The molecule has 1 aliphatic carbocycles. The zero-order valence-electron chi connectivity index (χ0n) is 22.1. The van der Waals surface area contributed by atoms with E-state index < -0.39 is 12.0 Å². The van der Waals surface area contributed by atoms with Gasteiger partial charge in [0.05, 0.1) is 10.9 Å². The highest BCUT2D eigenvalue weighted by Gasteiger charge is 2.45. The largest absolute Gasteiger partial charge is 0.461 e. The fourth-order valence-corrected chi connectivity index (χ4v) is 7.67. The van der Waals surface area contributed by atoms with Gasteiger partial charge in [0.2, 0.25) is 0 Å². The van der Waals surface area contributed by atoms with Gasteiger partial charge in [0, 0.05) is 42.9 Å². The summed E-state index contributed by atoms with van der Waals surface area (Å²) in [6, 6.07) is 8.48. The molecule has 4 atom stereocenters. The highest BCUT2D eigenvalue weighted by Crippen LogP contribution is 2.47. The number of hydrogen-bond acceptors (Lipinski definition) is 7. The summed E-state index contributed by atoms with van der Waals surface area (Å²) in [5.74, 6) is -0.00344. The van der Waals surface area contributed by atoms with Crippen LogP contribution in [0.25, 0.3) is 22.2 Å². The number of benzene rings is 1. The third-order valence-corrected chi connectivity index (χ3v) is 9.77. The Morgan fingerprint density at radius 2 is 1.79 bits per heavy atom. The molecule has 7 nitrogen and oxygen atoms in total. The van der Waals surface area contributed by atoms with Crippen molar-refractivity contribution >= 4 is 16.7 Å². The Bertz CT molecular complexity index is 1410. The quantitative estimate of drug-likeness (QED) is 0.498. The van der Waals surface area contributed by atoms with Crippen LogP contribution in [0.5, 0.6) is 6.01 Å². The molecule has 8 rings (SSSR count). The van der Waals surface area contributed by atoms with Crippen LogP contribution in [-0.2, 0) is 0 Å². The lowest BCUT2D eigenvalue weighted by Crippen LogP contribution is -2.51. The molecular formula is C30H34F2N6O. The molecule has 2 aromatic heterocycles. The number of pyridine rings is 1. The summed E-state index contributed by atoms with van der Waals surface area (Å²) in [7, 11) is 0. The highest BCUT2D eigenvalue weighted by atomic mass is 19.1. The van der Waals surface area contributed by atoms with Gasteiger partial charge in [0.1, 0.15) is 29.8 Å². The summed E-state index contributed by atoms with van der Waals surface area (Å²) in [6.07, 6.45) is 8.15. The minimum absolute atomic E-state index is 0.0424. The average molecular weight is 533 g/mol. The number of fused-ring (bicyclic) bond motifs is 4. The standard InChI is InChI=1S/C30H34F2N6O/c31-24-13-22(24)20-5-1-2-6-21(20)26-25(32)27-23(14-33-26)28(37-15-18-7-8-19(16-37)34-18)36-29(35-27)39-17-30-9-3-11-38(30)12-4-10-30/h1-2,5-6,14,18-19,22,24,34H,3-4,7-13,15-17H2/t18?,19?,22-,24?/m0/s1. The second kappa shape index (κ2) is 9.06. The Labute approximate surface area is 227 Å². The number of rotatable bonds is 6. The first-order valence-electron chi connectivity index (χ1n) is 14.6. The number of aromatic nitrogens is 3. The monoisotopic (exact) mass is 532 g/mol. The Balaban J connectivity index is 1.22. The molecule has 5 aliphatic rings. The molecule has 204 valence electrons. The van der Waals surface area contributed by atoms with Crippen LogP contribution in [0.4, 0.5) is 14.6 Å². The fourth-order valence-electron chi connectivity index (χ4n) is 7.67. The van der Waals surface area contributed by atoms with Crippen molar-refractivity contribution in [3.8, 4) is 17.3 Å². The Morgan fingerprint density at radius 1 is 1.05 bits per heavy atom. The molecular weight excluding hydrogens is 498 g/mol. The molecule has 1 N–H and O–H groups in total. The molecule has 1 saturated carbocycles. The molecule has 39 heavy (non-hydrogen) atoms. The van der Waals surface area contributed by atoms with Crippen LogP contribution >= 0.6 is 0 Å². The molecule has 4 aliphatic heterocycles. The van der Waals surface area contributed by atoms with E-state index >= 15 is 4.39 Å². The van der Waals surface area contributed by atoms with Crippen molar-refractivity contribution in [2.24, 2.45) is 0 Å². The van der Waals surface area contributed by atoms with Crippen LogP contribution < -0.4 is 15.0 Å². The van der Waals surface area contributed by atoms with Gasteiger partial charge in [0.15, 0.2) is 5.82 Å². The molecule has 4 saturated heterocycles. The second-order valence-corrected chi connectivity index (χ2v) is 12.2. The predicted octanol–water partition coefficient (Wildman–Crippen LogP) is 4.60. The van der Waals surface area contributed by atoms with Crippen LogP contribution in [0.1, 0.15) is 56.4 Å². The third-order valence-electron chi connectivity index (χ3n) is 9.77. The molecule has 3 aromatic rings. The highest BCUT2D eigenvalue weighted by molar-refractivity contribution is 5.92. The molecule has 0 radical (unpaired) electrons. The van der Waals surface area contributed by atoms with Crippen LogP contribution in [0.2, 0.25) is 0 Å². The first-order valence-corrected chi connectivity index (χ1v) is 14.6. The Morgan fingerprint density at radius 3 is 2.54 bits per heavy atom. The van der Waals surface area contributed by atoms with E-state index in [4.69, 9.17) is 9.72 Å². The maximum Gasteiger partial charge on any atom is 0.319 e. The third kappa shape index (κ3) is 3.99. The molecule has 9 heteroatoms. The van der Waals surface area contributed by atoms with Crippen molar-refractivity contribution in [2.75, 3.05) is 37.7 Å². The summed E-state index contributed by atoms with van der Waals surface area (Å²) >= 11 is 0. The predicted molar refractivity (Wildman–Crippen MR) is 145 cm³/mol. The zero-order valence-corrected chi connectivity index (χ0v) is 22.1. The van der Waals surface area contributed by atoms with Gasteiger partial charge in [-0.1, -0.05) is 24.3 Å². The second-order valence-electron chi connectivity index (χ2n) is 12.2. The smallest absolute Gasteiger partial charge is 0.319 e. The molecule has 1 aromatic carbocycles. The lowest BCUT2D eigenvalue weighted by atomic mass is 9.95. The van der Waals surface area contributed by atoms with Gasteiger partial charge >= 0.3 is 6.01 Å². The van der Waals surface area contributed by atoms with E-state index in [2.05, 4.69) is 25.1 Å². The van der Waals surface area contributed by atoms with Gasteiger partial charge in [-0.3, -0.25) is 9.88 Å². The SMILES string of the molecule is Fc1c(-c2ccccc2[C@@H]2CC2F)ncc2c(N3CC4CCC(C3)N4)nc(OCC34CCCN3CCC4)nc12.